The van der Waals surface area contributed by atoms with Crippen LogP contribution in [0.4, 0.5) is 11.4 Å². The third kappa shape index (κ3) is 2.98. The van der Waals surface area contributed by atoms with Crippen LogP contribution in [0.2, 0.25) is 0 Å². The van der Waals surface area contributed by atoms with Crippen molar-refractivity contribution in [3.63, 3.8) is 0 Å². The Morgan fingerprint density at radius 2 is 1.48 bits per heavy atom. The molecule has 0 atom stereocenters. The summed E-state index contributed by atoms with van der Waals surface area (Å²) in [6.45, 7) is 7.19. The first-order valence-corrected chi connectivity index (χ1v) is 10.1. The van der Waals surface area contributed by atoms with Crippen LogP contribution in [0.15, 0.2) is 72.8 Å². The Kier molecular flexibility index (Phi) is 4.85. The second-order valence-corrected chi connectivity index (χ2v) is 6.86. The maximum absolute atomic E-state index is 2.44. The quantitative estimate of drug-likeness (QED) is 0.374. The number of rotatable bonds is 3. The van der Waals surface area contributed by atoms with Gasteiger partial charge in [-0.05, 0) is 65.3 Å². The van der Waals surface area contributed by atoms with Crippen LogP contribution in [0.3, 0.4) is 0 Å². The van der Waals surface area contributed by atoms with Crippen molar-refractivity contribution in [1.29, 1.82) is 0 Å². The van der Waals surface area contributed by atoms with Gasteiger partial charge in [-0.15, -0.1) is 0 Å². The molecule has 1 aliphatic carbocycles. The summed E-state index contributed by atoms with van der Waals surface area (Å²) in [6.07, 6.45) is 2.36. The fourth-order valence-corrected chi connectivity index (χ4v) is 4.30. The van der Waals surface area contributed by atoms with Gasteiger partial charge in [0.15, 0.2) is 0 Å². The average Bonchev–Trinajstić information content (AvgIpc) is 3.16. The molecule has 0 saturated heterocycles. The smallest absolute Gasteiger partial charge is 0.0490 e. The molecule has 0 saturated carbocycles. The largest absolute Gasteiger partial charge is 0.341 e. The van der Waals surface area contributed by atoms with Crippen molar-refractivity contribution in [2.75, 3.05) is 11.4 Å². The first-order valence-electron chi connectivity index (χ1n) is 10.1. The molecule has 136 valence electrons. The molecule has 4 aromatic carbocycles. The van der Waals surface area contributed by atoms with Crippen molar-refractivity contribution in [2.24, 2.45) is 0 Å². The van der Waals surface area contributed by atoms with Gasteiger partial charge in [-0.25, -0.2) is 0 Å². The number of anilines is 2. The monoisotopic (exact) mass is 353 g/mol. The molecular weight excluding hydrogens is 326 g/mol. The van der Waals surface area contributed by atoms with E-state index in [2.05, 4.69) is 84.6 Å². The summed E-state index contributed by atoms with van der Waals surface area (Å²) >= 11 is 0. The van der Waals surface area contributed by atoms with Crippen molar-refractivity contribution in [3.05, 3.63) is 83.9 Å². The van der Waals surface area contributed by atoms with Gasteiger partial charge in [-0.2, -0.15) is 0 Å². The third-order valence-corrected chi connectivity index (χ3v) is 5.51. The molecule has 0 amide bonds. The zero-order chi connectivity index (χ0) is 18.8. The molecule has 4 aromatic rings. The number of nitrogens with zero attached hydrogens (tertiary/aromatic N) is 1. The number of hydrogen-bond acceptors (Lipinski definition) is 1. The molecule has 0 aliphatic heterocycles. The molecule has 0 N–H and O–H groups in total. The highest BCUT2D eigenvalue weighted by molar-refractivity contribution is 6.01. The van der Waals surface area contributed by atoms with Crippen molar-refractivity contribution in [2.45, 2.75) is 33.6 Å². The molecule has 1 nitrogen and oxygen atoms in total. The highest BCUT2D eigenvalue weighted by Crippen LogP contribution is 2.39. The minimum absolute atomic E-state index is 0.955. The minimum atomic E-state index is 0.955. The van der Waals surface area contributed by atoms with E-state index in [0.717, 1.165) is 6.54 Å². The van der Waals surface area contributed by atoms with Crippen LogP contribution < -0.4 is 4.90 Å². The molecule has 1 aliphatic rings. The van der Waals surface area contributed by atoms with Gasteiger partial charge in [0, 0.05) is 23.3 Å². The van der Waals surface area contributed by atoms with Crippen LogP contribution in [0, 0.1) is 0 Å². The zero-order valence-electron chi connectivity index (χ0n) is 16.5. The topological polar surface area (TPSA) is 3.24 Å². The lowest BCUT2D eigenvalue weighted by Gasteiger charge is -2.26. The Morgan fingerprint density at radius 3 is 2.26 bits per heavy atom. The number of fused-ring (bicyclic) bond motifs is 1. The number of hydrogen-bond donors (Lipinski definition) is 0. The molecule has 0 fully saturated rings. The second-order valence-electron chi connectivity index (χ2n) is 6.86. The van der Waals surface area contributed by atoms with Crippen molar-refractivity contribution >= 4 is 32.9 Å². The van der Waals surface area contributed by atoms with Gasteiger partial charge >= 0.3 is 0 Å². The maximum atomic E-state index is 2.44. The van der Waals surface area contributed by atoms with Crippen LogP contribution in [-0.2, 0) is 12.8 Å². The lowest BCUT2D eigenvalue weighted by molar-refractivity contribution is 1.02. The molecule has 0 heterocycles. The molecule has 0 bridgehead atoms. The van der Waals surface area contributed by atoms with E-state index in [1.54, 1.807) is 0 Å². The van der Waals surface area contributed by atoms with Gasteiger partial charge in [0.05, 0.1) is 0 Å². The predicted octanol–water partition coefficient (Wildman–Crippen LogP) is 7.28. The van der Waals surface area contributed by atoms with Crippen LogP contribution in [0.1, 0.15) is 31.9 Å². The molecule has 0 unspecified atom stereocenters. The SMILES string of the molecule is CC.CCN(c1ccc2ccccc2c1)c1ccc2c3c(cccc13)CC2. The highest BCUT2D eigenvalue weighted by Gasteiger charge is 2.18. The Bertz CT molecular complexity index is 1080. The van der Waals surface area contributed by atoms with Gasteiger partial charge in [-0.1, -0.05) is 68.4 Å². The Labute approximate surface area is 162 Å². The maximum Gasteiger partial charge on any atom is 0.0490 e. The van der Waals surface area contributed by atoms with Gasteiger partial charge in [-0.3, -0.25) is 0 Å². The van der Waals surface area contributed by atoms with Gasteiger partial charge in [0.1, 0.15) is 0 Å². The summed E-state index contributed by atoms with van der Waals surface area (Å²) < 4.78 is 0. The fraction of sp³-hybridized carbons (Fsp3) is 0.231. The van der Waals surface area contributed by atoms with Crippen LogP contribution >= 0.6 is 0 Å². The highest BCUT2D eigenvalue weighted by atomic mass is 15.1. The first-order chi connectivity index (χ1) is 13.3. The van der Waals surface area contributed by atoms with E-state index >= 15 is 0 Å². The van der Waals surface area contributed by atoms with E-state index in [1.807, 2.05) is 13.8 Å². The molecule has 0 spiro atoms. The Hall–Kier alpha value is -2.80. The summed E-state index contributed by atoms with van der Waals surface area (Å²) in [4.78, 5) is 2.44. The Morgan fingerprint density at radius 1 is 0.741 bits per heavy atom. The average molecular weight is 354 g/mol. The van der Waals surface area contributed by atoms with Crippen LogP contribution in [0.5, 0.6) is 0 Å². The molecule has 0 aromatic heterocycles. The van der Waals surface area contributed by atoms with Crippen molar-refractivity contribution < 1.29 is 0 Å². The summed E-state index contributed by atoms with van der Waals surface area (Å²) in [5, 5.41) is 5.47. The van der Waals surface area contributed by atoms with Gasteiger partial charge < -0.3 is 4.90 Å². The fourth-order valence-electron chi connectivity index (χ4n) is 4.30. The van der Waals surface area contributed by atoms with Crippen LogP contribution in [0.25, 0.3) is 21.5 Å². The summed E-state index contributed by atoms with van der Waals surface area (Å²) in [6, 6.07) is 26.8. The summed E-state index contributed by atoms with van der Waals surface area (Å²) in [5.41, 5.74) is 5.59. The minimum Gasteiger partial charge on any atom is -0.341 e. The molecule has 5 rings (SSSR count). The van der Waals surface area contributed by atoms with Crippen molar-refractivity contribution in [1.82, 2.24) is 0 Å². The third-order valence-electron chi connectivity index (χ3n) is 5.51. The lowest BCUT2D eigenvalue weighted by Crippen LogP contribution is -2.16. The van der Waals surface area contributed by atoms with Crippen LogP contribution in [-0.4, -0.2) is 6.54 Å². The van der Waals surface area contributed by atoms with E-state index in [0.29, 0.717) is 0 Å². The van der Waals surface area contributed by atoms with E-state index < -0.39 is 0 Å². The zero-order valence-corrected chi connectivity index (χ0v) is 16.5. The normalized spacial score (nSPS) is 12.1. The van der Waals surface area contributed by atoms with E-state index in [4.69, 9.17) is 0 Å². The summed E-state index contributed by atoms with van der Waals surface area (Å²) in [7, 11) is 0. The molecular formula is C26H27N. The molecule has 1 heteroatoms. The molecule has 27 heavy (non-hydrogen) atoms. The van der Waals surface area contributed by atoms with E-state index in [1.165, 1.54) is 56.9 Å². The van der Waals surface area contributed by atoms with Gasteiger partial charge in [0.2, 0.25) is 0 Å². The van der Waals surface area contributed by atoms with Crippen molar-refractivity contribution in [3.8, 4) is 0 Å². The summed E-state index contributed by atoms with van der Waals surface area (Å²) in [5.74, 6) is 0. The van der Waals surface area contributed by atoms with E-state index in [9.17, 15) is 0 Å². The molecule has 0 radical (unpaired) electrons. The van der Waals surface area contributed by atoms with Gasteiger partial charge in [0.25, 0.3) is 0 Å². The number of aryl methyl sites for hydroxylation is 2. The first kappa shape index (κ1) is 17.6. The Balaban J connectivity index is 0.000000872. The van der Waals surface area contributed by atoms with E-state index in [-0.39, 0.29) is 0 Å². The standard InChI is InChI=1S/C24H21N.C2H6/c1-2-25(21-14-12-17-6-3-4-7-20(17)16-21)23-15-13-19-11-10-18-8-5-9-22(23)24(18)19;1-2/h3-9,12-16H,2,10-11H2,1H3;1-2H3. The second kappa shape index (κ2) is 7.44. The number of benzene rings is 4. The predicted molar refractivity (Wildman–Crippen MR) is 119 cm³/mol. The lowest BCUT2D eigenvalue weighted by atomic mass is 10.0.